The van der Waals surface area contributed by atoms with Crippen molar-refractivity contribution >= 4 is 11.8 Å². The Morgan fingerprint density at radius 1 is 1.35 bits per heavy atom. The van der Waals surface area contributed by atoms with E-state index in [-0.39, 0.29) is 24.4 Å². The van der Waals surface area contributed by atoms with Gasteiger partial charge in [-0.25, -0.2) is 8.78 Å². The first-order valence-electron chi connectivity index (χ1n) is 7.77. The molecule has 2 fully saturated rings. The molecule has 0 spiro atoms. The van der Waals surface area contributed by atoms with Gasteiger partial charge >= 0.3 is 0 Å². The third kappa shape index (κ3) is 3.06. The van der Waals surface area contributed by atoms with Crippen molar-refractivity contribution < 1.29 is 18.4 Å². The second-order valence-corrected chi connectivity index (χ2v) is 6.03. The summed E-state index contributed by atoms with van der Waals surface area (Å²) < 4.78 is 26.5. The van der Waals surface area contributed by atoms with Crippen molar-refractivity contribution in [1.82, 2.24) is 15.5 Å². The molecule has 5 nitrogen and oxygen atoms in total. The van der Waals surface area contributed by atoms with Crippen LogP contribution in [-0.4, -0.2) is 41.4 Å². The molecule has 0 saturated carbocycles. The maximum Gasteiger partial charge on any atom is 0.245 e. The van der Waals surface area contributed by atoms with Crippen molar-refractivity contribution in [3.8, 4) is 0 Å². The molecule has 1 aromatic rings. The maximum absolute atomic E-state index is 13.6. The highest BCUT2D eigenvalue weighted by Crippen LogP contribution is 2.24. The van der Waals surface area contributed by atoms with E-state index >= 15 is 0 Å². The monoisotopic (exact) mass is 323 g/mol. The van der Waals surface area contributed by atoms with Gasteiger partial charge in [0, 0.05) is 30.8 Å². The third-order valence-electron chi connectivity index (χ3n) is 4.51. The molecule has 124 valence electrons. The summed E-state index contributed by atoms with van der Waals surface area (Å²) in [5.74, 6) is -1.41. The minimum Gasteiger partial charge on any atom is -0.343 e. The van der Waals surface area contributed by atoms with Crippen LogP contribution in [0.4, 0.5) is 8.78 Å². The van der Waals surface area contributed by atoms with Gasteiger partial charge in [0.2, 0.25) is 11.8 Å². The number of nitrogens with zero attached hydrogens (tertiary/aromatic N) is 1. The van der Waals surface area contributed by atoms with E-state index in [0.29, 0.717) is 24.9 Å². The SMILES string of the molecule is CC[C@@H]1NC(=O)[C@@H]2C[C@H](NCc3ccc(F)cc3F)CN2C1=O. The quantitative estimate of drug-likeness (QED) is 0.867. The second kappa shape index (κ2) is 6.23. The molecule has 2 heterocycles. The Bertz CT molecular complexity index is 638. The predicted octanol–water partition coefficient (Wildman–Crippen LogP) is 0.932. The summed E-state index contributed by atoms with van der Waals surface area (Å²) in [4.78, 5) is 25.9. The molecule has 0 unspecified atom stereocenters. The zero-order chi connectivity index (χ0) is 16.6. The first-order chi connectivity index (χ1) is 11.0. The lowest BCUT2D eigenvalue weighted by Crippen LogP contribution is -2.60. The normalized spacial score (nSPS) is 27.1. The number of amides is 2. The van der Waals surface area contributed by atoms with Crippen molar-refractivity contribution in [1.29, 1.82) is 0 Å². The predicted molar refractivity (Wildman–Crippen MR) is 79.3 cm³/mol. The minimum atomic E-state index is -0.614. The van der Waals surface area contributed by atoms with Crippen LogP contribution in [0.15, 0.2) is 18.2 Å². The van der Waals surface area contributed by atoms with Crippen LogP contribution in [0, 0.1) is 11.6 Å². The first kappa shape index (κ1) is 15.9. The minimum absolute atomic E-state index is 0.0608. The molecule has 23 heavy (non-hydrogen) atoms. The molecule has 3 rings (SSSR count). The van der Waals surface area contributed by atoms with Gasteiger partial charge in [-0.3, -0.25) is 9.59 Å². The Morgan fingerprint density at radius 2 is 2.13 bits per heavy atom. The Hall–Kier alpha value is -2.02. The summed E-state index contributed by atoms with van der Waals surface area (Å²) in [6.07, 6.45) is 1.06. The summed E-state index contributed by atoms with van der Waals surface area (Å²) in [6, 6.07) is 2.45. The van der Waals surface area contributed by atoms with Gasteiger partial charge in [0.1, 0.15) is 23.7 Å². The lowest BCUT2D eigenvalue weighted by Gasteiger charge is -2.33. The van der Waals surface area contributed by atoms with E-state index in [9.17, 15) is 18.4 Å². The number of piperazine rings is 1. The highest BCUT2D eigenvalue weighted by Gasteiger charge is 2.45. The van der Waals surface area contributed by atoms with E-state index < -0.39 is 23.7 Å². The van der Waals surface area contributed by atoms with Gasteiger partial charge in [-0.2, -0.15) is 0 Å². The Labute approximate surface area is 133 Å². The number of hydrogen-bond donors (Lipinski definition) is 2. The third-order valence-corrected chi connectivity index (χ3v) is 4.51. The average molecular weight is 323 g/mol. The number of carbonyl (C=O) groups excluding carboxylic acids is 2. The smallest absolute Gasteiger partial charge is 0.245 e. The number of nitrogens with one attached hydrogen (secondary N) is 2. The van der Waals surface area contributed by atoms with Crippen molar-refractivity contribution in [3.63, 3.8) is 0 Å². The molecule has 2 aliphatic rings. The van der Waals surface area contributed by atoms with Gasteiger partial charge < -0.3 is 15.5 Å². The molecular weight excluding hydrogens is 304 g/mol. The van der Waals surface area contributed by atoms with Crippen LogP contribution in [0.25, 0.3) is 0 Å². The summed E-state index contributed by atoms with van der Waals surface area (Å²) in [6.45, 7) is 2.51. The van der Waals surface area contributed by atoms with Crippen LogP contribution in [0.2, 0.25) is 0 Å². The molecule has 0 aliphatic carbocycles. The molecule has 2 aliphatic heterocycles. The fourth-order valence-corrected chi connectivity index (χ4v) is 3.20. The number of halogens is 2. The van der Waals surface area contributed by atoms with E-state index in [2.05, 4.69) is 10.6 Å². The molecule has 0 bridgehead atoms. The number of fused-ring (bicyclic) bond motifs is 1. The Kier molecular flexibility index (Phi) is 4.30. The Balaban J connectivity index is 1.63. The van der Waals surface area contributed by atoms with Crippen LogP contribution in [0.5, 0.6) is 0 Å². The van der Waals surface area contributed by atoms with Gasteiger partial charge in [-0.05, 0) is 18.9 Å². The summed E-state index contributed by atoms with van der Waals surface area (Å²) >= 11 is 0. The molecule has 7 heteroatoms. The molecule has 3 atom stereocenters. The Morgan fingerprint density at radius 3 is 2.83 bits per heavy atom. The van der Waals surface area contributed by atoms with Gasteiger partial charge in [-0.1, -0.05) is 13.0 Å². The van der Waals surface area contributed by atoms with Crippen LogP contribution in [0.3, 0.4) is 0 Å². The zero-order valence-corrected chi connectivity index (χ0v) is 12.8. The summed E-state index contributed by atoms with van der Waals surface area (Å²) in [5.41, 5.74) is 0.360. The van der Waals surface area contributed by atoms with Crippen LogP contribution in [0.1, 0.15) is 25.3 Å². The fraction of sp³-hybridized carbons (Fsp3) is 0.500. The number of hydrogen-bond acceptors (Lipinski definition) is 3. The van der Waals surface area contributed by atoms with Crippen molar-refractivity contribution in [3.05, 3.63) is 35.4 Å². The van der Waals surface area contributed by atoms with E-state index in [4.69, 9.17) is 0 Å². The van der Waals surface area contributed by atoms with Gasteiger partial charge in [0.15, 0.2) is 0 Å². The second-order valence-electron chi connectivity index (χ2n) is 6.03. The molecule has 2 saturated heterocycles. The van der Waals surface area contributed by atoms with Crippen LogP contribution >= 0.6 is 0 Å². The lowest BCUT2D eigenvalue weighted by molar-refractivity contribution is -0.147. The van der Waals surface area contributed by atoms with Crippen LogP contribution < -0.4 is 10.6 Å². The zero-order valence-electron chi connectivity index (χ0n) is 12.8. The molecule has 0 radical (unpaired) electrons. The lowest BCUT2D eigenvalue weighted by atomic mass is 10.1. The number of benzene rings is 1. The summed E-state index contributed by atoms with van der Waals surface area (Å²) in [7, 11) is 0. The number of carbonyl (C=O) groups is 2. The average Bonchev–Trinajstić information content (AvgIpc) is 2.95. The van der Waals surface area contributed by atoms with Gasteiger partial charge in [0.25, 0.3) is 0 Å². The fourth-order valence-electron chi connectivity index (χ4n) is 3.20. The largest absolute Gasteiger partial charge is 0.343 e. The standard InChI is InChI=1S/C16H19F2N3O2/c1-2-13-16(23)21-8-11(6-14(21)15(22)20-13)19-7-9-3-4-10(17)5-12(9)18/h3-5,11,13-14,19H,2,6-8H2,1H3,(H,20,22)/t11-,13-,14-/m0/s1. The maximum atomic E-state index is 13.6. The topological polar surface area (TPSA) is 61.4 Å². The number of rotatable bonds is 4. The van der Waals surface area contributed by atoms with Gasteiger partial charge in [-0.15, -0.1) is 0 Å². The van der Waals surface area contributed by atoms with E-state index in [0.717, 1.165) is 6.07 Å². The molecular formula is C16H19F2N3O2. The van der Waals surface area contributed by atoms with E-state index in [1.807, 2.05) is 6.92 Å². The molecule has 2 amide bonds. The molecule has 2 N–H and O–H groups in total. The molecule has 1 aromatic carbocycles. The van der Waals surface area contributed by atoms with Crippen molar-refractivity contribution in [2.24, 2.45) is 0 Å². The van der Waals surface area contributed by atoms with E-state index in [1.165, 1.54) is 12.1 Å². The first-order valence-corrected chi connectivity index (χ1v) is 7.77. The van der Waals surface area contributed by atoms with Crippen molar-refractivity contribution in [2.75, 3.05) is 6.54 Å². The van der Waals surface area contributed by atoms with E-state index in [1.54, 1.807) is 4.90 Å². The highest BCUT2D eigenvalue weighted by atomic mass is 19.1. The highest BCUT2D eigenvalue weighted by molar-refractivity contribution is 5.97. The van der Waals surface area contributed by atoms with Crippen LogP contribution in [-0.2, 0) is 16.1 Å². The van der Waals surface area contributed by atoms with Crippen molar-refractivity contribution in [2.45, 2.75) is 44.4 Å². The molecule has 0 aromatic heterocycles. The summed E-state index contributed by atoms with van der Waals surface area (Å²) in [5, 5.41) is 5.89. The van der Waals surface area contributed by atoms with Gasteiger partial charge in [0.05, 0.1) is 0 Å².